The molecule has 0 spiro atoms. The second-order valence-corrected chi connectivity index (χ2v) is 18.1. The van der Waals surface area contributed by atoms with E-state index in [9.17, 15) is 0 Å². The SMILES string of the molecule is COc1c([Si](C)(C)C)cc(C)cc1[Si](C)(C)c1cccc2c1C=CC2. The van der Waals surface area contributed by atoms with Gasteiger partial charge in [0, 0.05) is 0 Å². The van der Waals surface area contributed by atoms with Gasteiger partial charge in [0.15, 0.2) is 0 Å². The molecule has 0 unspecified atom stereocenters. The van der Waals surface area contributed by atoms with Crippen LogP contribution in [0.5, 0.6) is 5.75 Å². The molecule has 1 aliphatic rings. The molecular formula is C22H30OSi2. The summed E-state index contributed by atoms with van der Waals surface area (Å²) in [5.41, 5.74) is 4.28. The summed E-state index contributed by atoms with van der Waals surface area (Å²) in [4.78, 5) is 0. The molecule has 0 aromatic heterocycles. The van der Waals surface area contributed by atoms with E-state index in [2.05, 4.69) is 82.1 Å². The lowest BCUT2D eigenvalue weighted by Gasteiger charge is -2.31. The van der Waals surface area contributed by atoms with Crippen LogP contribution in [0.1, 0.15) is 16.7 Å². The van der Waals surface area contributed by atoms with Crippen LogP contribution >= 0.6 is 0 Å². The van der Waals surface area contributed by atoms with E-state index in [0.717, 1.165) is 12.2 Å². The normalized spacial score (nSPS) is 13.9. The summed E-state index contributed by atoms with van der Waals surface area (Å²) in [6, 6.07) is 11.6. The number of allylic oxidation sites excluding steroid dienone is 1. The molecule has 0 radical (unpaired) electrons. The molecule has 1 nitrogen and oxygen atoms in total. The molecule has 1 aliphatic carbocycles. The number of hydrogen-bond acceptors (Lipinski definition) is 1. The molecule has 0 N–H and O–H groups in total. The summed E-state index contributed by atoms with van der Waals surface area (Å²) in [6.45, 7) is 14.4. The lowest BCUT2D eigenvalue weighted by Crippen LogP contribution is -2.56. The smallest absolute Gasteiger partial charge is 0.117 e. The summed E-state index contributed by atoms with van der Waals surface area (Å²) in [5, 5.41) is 4.43. The van der Waals surface area contributed by atoms with E-state index in [1.807, 2.05) is 7.11 Å². The number of hydrogen-bond donors (Lipinski definition) is 0. The molecule has 0 heterocycles. The van der Waals surface area contributed by atoms with Gasteiger partial charge in [-0.05, 0) is 40.0 Å². The Morgan fingerprint density at radius 3 is 2.24 bits per heavy atom. The molecule has 0 atom stereocenters. The van der Waals surface area contributed by atoms with Gasteiger partial charge < -0.3 is 4.74 Å². The number of rotatable bonds is 4. The maximum Gasteiger partial charge on any atom is 0.117 e. The van der Waals surface area contributed by atoms with Crippen molar-refractivity contribution in [3.05, 3.63) is 53.1 Å². The topological polar surface area (TPSA) is 9.23 Å². The number of ether oxygens (including phenoxy) is 1. The molecular weight excluding hydrogens is 336 g/mol. The van der Waals surface area contributed by atoms with Crippen molar-refractivity contribution in [1.29, 1.82) is 0 Å². The molecule has 0 bridgehead atoms. The van der Waals surface area contributed by atoms with Gasteiger partial charge in [0.25, 0.3) is 0 Å². The minimum atomic E-state index is -1.87. The summed E-state index contributed by atoms with van der Waals surface area (Å²) < 4.78 is 6.04. The molecule has 132 valence electrons. The van der Waals surface area contributed by atoms with E-state index in [1.54, 1.807) is 0 Å². The molecule has 2 aromatic rings. The van der Waals surface area contributed by atoms with Crippen molar-refractivity contribution in [3.63, 3.8) is 0 Å². The zero-order valence-corrected chi connectivity index (χ0v) is 18.7. The number of fused-ring (bicyclic) bond motifs is 1. The van der Waals surface area contributed by atoms with Crippen molar-refractivity contribution < 1.29 is 4.74 Å². The van der Waals surface area contributed by atoms with Crippen LogP contribution in [0.15, 0.2) is 36.4 Å². The van der Waals surface area contributed by atoms with E-state index in [1.165, 1.54) is 32.3 Å². The maximum absolute atomic E-state index is 6.04. The van der Waals surface area contributed by atoms with Crippen molar-refractivity contribution >= 4 is 37.8 Å². The van der Waals surface area contributed by atoms with Gasteiger partial charge in [-0.3, -0.25) is 0 Å². The lowest BCUT2D eigenvalue weighted by molar-refractivity contribution is 0.421. The van der Waals surface area contributed by atoms with E-state index >= 15 is 0 Å². The lowest BCUT2D eigenvalue weighted by atomic mass is 10.1. The van der Waals surface area contributed by atoms with Crippen molar-refractivity contribution in [2.45, 2.75) is 46.1 Å². The molecule has 0 amide bonds. The predicted octanol–water partition coefficient (Wildman–Crippen LogP) is 3.94. The first-order valence-electron chi connectivity index (χ1n) is 9.14. The van der Waals surface area contributed by atoms with Gasteiger partial charge in [0.05, 0.1) is 15.2 Å². The minimum absolute atomic E-state index is 1.07. The quantitative estimate of drug-likeness (QED) is 0.745. The first-order chi connectivity index (χ1) is 11.7. The summed E-state index contributed by atoms with van der Waals surface area (Å²) in [7, 11) is -1.51. The van der Waals surface area contributed by atoms with Crippen LogP contribution < -0.4 is 20.3 Å². The molecule has 0 aliphatic heterocycles. The van der Waals surface area contributed by atoms with Gasteiger partial charge in [0.2, 0.25) is 0 Å². The Kier molecular flexibility index (Phi) is 4.58. The van der Waals surface area contributed by atoms with Gasteiger partial charge in [-0.2, -0.15) is 0 Å². The largest absolute Gasteiger partial charge is 0.497 e. The van der Waals surface area contributed by atoms with Crippen LogP contribution in [-0.4, -0.2) is 23.3 Å². The van der Waals surface area contributed by atoms with Gasteiger partial charge in [-0.15, -0.1) is 0 Å². The van der Waals surface area contributed by atoms with E-state index < -0.39 is 16.1 Å². The first-order valence-corrected chi connectivity index (χ1v) is 15.6. The zero-order chi connectivity index (χ0) is 18.4. The Morgan fingerprint density at radius 1 is 0.920 bits per heavy atom. The van der Waals surface area contributed by atoms with Crippen LogP contribution in [0.25, 0.3) is 6.08 Å². The Hall–Kier alpha value is -1.59. The Balaban J connectivity index is 2.27. The van der Waals surface area contributed by atoms with Crippen molar-refractivity contribution in [2.75, 3.05) is 7.11 Å². The molecule has 25 heavy (non-hydrogen) atoms. The molecule has 3 heteroatoms. The Morgan fingerprint density at radius 2 is 1.60 bits per heavy atom. The van der Waals surface area contributed by atoms with Crippen LogP contribution in [-0.2, 0) is 6.42 Å². The van der Waals surface area contributed by atoms with E-state index in [4.69, 9.17) is 4.74 Å². The average molecular weight is 367 g/mol. The Labute approximate surface area is 154 Å². The first kappa shape index (κ1) is 18.2. The molecule has 0 fully saturated rings. The number of aryl methyl sites for hydroxylation is 1. The number of benzene rings is 2. The van der Waals surface area contributed by atoms with Crippen molar-refractivity contribution in [2.24, 2.45) is 0 Å². The zero-order valence-electron chi connectivity index (χ0n) is 16.7. The maximum atomic E-state index is 6.04. The third-order valence-electron chi connectivity index (χ3n) is 5.41. The monoisotopic (exact) mass is 366 g/mol. The number of methoxy groups -OCH3 is 1. The highest BCUT2D eigenvalue weighted by Crippen LogP contribution is 2.23. The molecule has 0 saturated carbocycles. The van der Waals surface area contributed by atoms with Gasteiger partial charge in [-0.1, -0.05) is 80.8 Å². The third-order valence-corrected chi connectivity index (χ3v) is 10.9. The summed E-state index contributed by atoms with van der Waals surface area (Å²) in [6.07, 6.45) is 5.68. The highest BCUT2D eigenvalue weighted by Gasteiger charge is 2.35. The minimum Gasteiger partial charge on any atom is -0.497 e. The highest BCUT2D eigenvalue weighted by molar-refractivity contribution is 7.02. The van der Waals surface area contributed by atoms with Crippen LogP contribution in [0.2, 0.25) is 32.7 Å². The fourth-order valence-corrected chi connectivity index (χ4v) is 8.81. The van der Waals surface area contributed by atoms with E-state index in [0.29, 0.717) is 0 Å². The summed E-state index contributed by atoms with van der Waals surface area (Å²) in [5.74, 6) is 1.15. The molecule has 0 saturated heterocycles. The summed E-state index contributed by atoms with van der Waals surface area (Å²) >= 11 is 0. The Bertz CT molecular complexity index is 842. The second-order valence-electron chi connectivity index (χ2n) is 8.75. The van der Waals surface area contributed by atoms with Crippen molar-refractivity contribution in [1.82, 2.24) is 0 Å². The fraction of sp³-hybridized carbons (Fsp3) is 0.364. The van der Waals surface area contributed by atoms with E-state index in [-0.39, 0.29) is 0 Å². The molecule has 3 rings (SSSR count). The highest BCUT2D eigenvalue weighted by atomic mass is 28.3. The van der Waals surface area contributed by atoms with Crippen LogP contribution in [0.3, 0.4) is 0 Å². The van der Waals surface area contributed by atoms with Gasteiger partial charge in [0.1, 0.15) is 13.8 Å². The van der Waals surface area contributed by atoms with Crippen LogP contribution in [0.4, 0.5) is 0 Å². The van der Waals surface area contributed by atoms with Crippen LogP contribution in [0, 0.1) is 6.92 Å². The fourth-order valence-electron chi connectivity index (χ4n) is 4.00. The second kappa shape index (κ2) is 6.29. The molecule has 2 aromatic carbocycles. The standard InChI is InChI=1S/C22H30OSi2/c1-16-14-20(24(3,4)5)22(23-2)21(15-16)25(6,7)19-13-9-11-17-10-8-12-18(17)19/h8-9,11-15H,10H2,1-7H3. The van der Waals surface area contributed by atoms with Crippen molar-refractivity contribution in [3.8, 4) is 5.75 Å². The van der Waals surface area contributed by atoms with Gasteiger partial charge in [-0.25, -0.2) is 0 Å². The van der Waals surface area contributed by atoms with Gasteiger partial charge >= 0.3 is 0 Å². The third kappa shape index (κ3) is 3.15. The predicted molar refractivity (Wildman–Crippen MR) is 117 cm³/mol. The average Bonchev–Trinajstić information content (AvgIpc) is 3.01.